The van der Waals surface area contributed by atoms with Gasteiger partial charge in [-0.3, -0.25) is 0 Å². The van der Waals surface area contributed by atoms with Gasteiger partial charge in [-0.05, 0) is 0 Å². The van der Waals surface area contributed by atoms with E-state index in [4.69, 9.17) is 0 Å². The van der Waals surface area contributed by atoms with E-state index in [2.05, 4.69) is 92.4 Å². The summed E-state index contributed by atoms with van der Waals surface area (Å²) in [5.41, 5.74) is 0. The van der Waals surface area contributed by atoms with Crippen LogP contribution in [0.1, 0.15) is 0 Å². The Morgan fingerprint density at radius 1 is 0.600 bits per heavy atom. The monoisotopic (exact) mass is 406 g/mol. The average molecular weight is 405 g/mol. The van der Waals surface area contributed by atoms with E-state index in [1.54, 1.807) is 0 Å². The zero-order valence-corrected chi connectivity index (χ0v) is 18.2. The molecule has 0 saturated carbocycles. The van der Waals surface area contributed by atoms with Crippen molar-refractivity contribution in [3.8, 4) is 0 Å². The van der Waals surface area contributed by atoms with Crippen molar-refractivity contribution in [1.29, 1.82) is 0 Å². The first-order chi connectivity index (χ1) is 12.0. The van der Waals surface area contributed by atoms with Crippen LogP contribution in [0, 0.1) is 0 Å². The first-order valence-corrected chi connectivity index (χ1v) is 16.4. The van der Waals surface area contributed by atoms with Gasteiger partial charge in [-0.15, -0.1) is 0 Å². The van der Waals surface area contributed by atoms with Crippen LogP contribution in [-0.2, 0) is 0 Å². The van der Waals surface area contributed by atoms with Gasteiger partial charge < -0.3 is 0 Å². The maximum absolute atomic E-state index is 14.0. The Balaban J connectivity index is 2.43. The van der Waals surface area contributed by atoms with Gasteiger partial charge in [-0.1, -0.05) is 0 Å². The van der Waals surface area contributed by atoms with E-state index >= 15 is 0 Å². The van der Waals surface area contributed by atoms with E-state index in [1.165, 1.54) is 13.2 Å². The zero-order valence-electron chi connectivity index (χ0n) is 15.1. The number of hydrogen-bond donors (Lipinski definition) is 0. The van der Waals surface area contributed by atoms with Crippen molar-refractivity contribution in [1.82, 2.24) is 0 Å². The Hall–Kier alpha value is -1.91. The molecule has 0 N–H and O–H groups in total. The molecule has 3 heteroatoms. The quantitative estimate of drug-likeness (QED) is 0.591. The van der Waals surface area contributed by atoms with E-state index in [0.717, 1.165) is 0 Å². The molecule has 0 unspecified atom stereocenters. The second-order valence-electron chi connectivity index (χ2n) is 7.43. The molecule has 0 bridgehead atoms. The summed E-state index contributed by atoms with van der Waals surface area (Å²) in [4.78, 5) is 14.0. The molecule has 0 radical (unpaired) electrons. The van der Waals surface area contributed by atoms with E-state index in [9.17, 15) is 4.79 Å². The predicted octanol–water partition coefficient (Wildman–Crippen LogP) is 3.78. The Kier molecular flexibility index (Phi) is 5.11. The van der Waals surface area contributed by atoms with E-state index < -0.39 is 21.3 Å². The molecule has 0 spiro atoms. The molecule has 0 aliphatic rings. The predicted molar refractivity (Wildman–Crippen MR) is 113 cm³/mol. The van der Waals surface area contributed by atoms with Gasteiger partial charge in [0.1, 0.15) is 0 Å². The van der Waals surface area contributed by atoms with Crippen LogP contribution < -0.4 is 13.2 Å². The van der Waals surface area contributed by atoms with Gasteiger partial charge in [-0.25, -0.2) is 0 Å². The summed E-state index contributed by atoms with van der Waals surface area (Å²) in [6.45, 7) is 6.55. The third-order valence-electron chi connectivity index (χ3n) is 4.64. The summed E-state index contributed by atoms with van der Waals surface area (Å²) in [7, 11) is -2.00. The Bertz CT molecular complexity index is 743. The number of benzene rings is 3. The van der Waals surface area contributed by atoms with Crippen molar-refractivity contribution >= 4 is 38.8 Å². The van der Waals surface area contributed by atoms with Gasteiger partial charge in [0.25, 0.3) is 0 Å². The molecule has 126 valence electrons. The Labute approximate surface area is 154 Å². The normalized spacial score (nSPS) is 12.0. The van der Waals surface area contributed by atoms with Crippen molar-refractivity contribution in [2.75, 3.05) is 0 Å². The maximum atomic E-state index is 14.0. The molecule has 0 aliphatic heterocycles. The van der Waals surface area contributed by atoms with Gasteiger partial charge in [-0.2, -0.15) is 0 Å². The van der Waals surface area contributed by atoms with Crippen molar-refractivity contribution in [3.05, 3.63) is 91.0 Å². The second-order valence-corrected chi connectivity index (χ2v) is 21.2. The molecule has 25 heavy (non-hydrogen) atoms. The summed E-state index contributed by atoms with van der Waals surface area (Å²) in [6.07, 6.45) is 0. The summed E-state index contributed by atoms with van der Waals surface area (Å²) >= 11 is -3.43. The molecule has 0 fully saturated rings. The third-order valence-corrected chi connectivity index (χ3v) is 21.7. The molecule has 0 amide bonds. The Morgan fingerprint density at radius 2 is 0.880 bits per heavy atom. The second kappa shape index (κ2) is 7.14. The van der Waals surface area contributed by atoms with Gasteiger partial charge in [0.2, 0.25) is 0 Å². The van der Waals surface area contributed by atoms with Crippen molar-refractivity contribution in [2.24, 2.45) is 0 Å². The van der Waals surface area contributed by atoms with Crippen LogP contribution in [0.25, 0.3) is 0 Å². The van der Waals surface area contributed by atoms with Crippen LogP contribution in [-0.4, -0.2) is 25.6 Å². The molecule has 0 saturated heterocycles. The fourth-order valence-electron chi connectivity index (χ4n) is 3.52. The molecule has 0 heterocycles. The minimum absolute atomic E-state index is 0.524. The summed E-state index contributed by atoms with van der Waals surface area (Å²) in [6, 6.07) is 31.5. The molecule has 1 nitrogen and oxygen atoms in total. The molecular weight excluding hydrogens is 381 g/mol. The summed E-state index contributed by atoms with van der Waals surface area (Å²) in [5, 5.41) is 0. The summed E-state index contributed by atoms with van der Waals surface area (Å²) < 4.78 is 4.21. The standard InChI is InChI=1S/C22H24GeOSi/c1-25(2,3)22(24)23(19-13-7-4-8-14-19,20-15-9-5-10-16-20)21-17-11-6-12-18-21/h4-18H,1-3H3. The molecule has 0 aromatic heterocycles. The van der Waals surface area contributed by atoms with Crippen LogP contribution in [0.15, 0.2) is 91.0 Å². The molecule has 3 rings (SSSR count). The fraction of sp³-hybridized carbons (Fsp3) is 0.136. The van der Waals surface area contributed by atoms with Crippen LogP contribution in [0.4, 0.5) is 4.79 Å². The third kappa shape index (κ3) is 3.29. The number of carbonyl (C=O) groups is 1. The van der Waals surface area contributed by atoms with Gasteiger partial charge in [0.05, 0.1) is 0 Å². The number of carbonyl (C=O) groups excluding carboxylic acids is 1. The number of rotatable bonds is 5. The van der Waals surface area contributed by atoms with Crippen LogP contribution >= 0.6 is 0 Å². The summed E-state index contributed by atoms with van der Waals surface area (Å²) in [5.74, 6) is 0. The fourth-order valence-corrected chi connectivity index (χ4v) is 22.1. The van der Waals surface area contributed by atoms with Crippen LogP contribution in [0.2, 0.25) is 19.6 Å². The average Bonchev–Trinajstić information content (AvgIpc) is 2.64. The molecule has 0 aliphatic carbocycles. The van der Waals surface area contributed by atoms with Crippen molar-refractivity contribution in [2.45, 2.75) is 19.6 Å². The van der Waals surface area contributed by atoms with Crippen LogP contribution in [0.5, 0.6) is 0 Å². The first kappa shape index (κ1) is 17.9. The van der Waals surface area contributed by atoms with Gasteiger partial charge in [0, 0.05) is 0 Å². The van der Waals surface area contributed by atoms with E-state index in [-0.39, 0.29) is 0 Å². The Morgan fingerprint density at radius 3 is 1.12 bits per heavy atom. The van der Waals surface area contributed by atoms with Crippen molar-refractivity contribution < 1.29 is 4.79 Å². The molecule has 0 atom stereocenters. The minimum atomic E-state index is -3.43. The molecule has 3 aromatic carbocycles. The molecular formula is C22H24GeOSi. The topological polar surface area (TPSA) is 17.1 Å². The molecule has 3 aromatic rings. The number of hydrogen-bond acceptors (Lipinski definition) is 1. The van der Waals surface area contributed by atoms with Gasteiger partial charge >= 0.3 is 154 Å². The SMILES string of the molecule is C[Si](C)(C)[C](=O)[Ge]([c]1ccccc1)([c]1ccccc1)[c]1ccccc1. The van der Waals surface area contributed by atoms with Crippen LogP contribution in [0.3, 0.4) is 0 Å². The first-order valence-electron chi connectivity index (χ1n) is 8.69. The van der Waals surface area contributed by atoms with E-state index in [0.29, 0.717) is 4.24 Å². The zero-order chi connectivity index (χ0) is 17.9. The van der Waals surface area contributed by atoms with Crippen molar-refractivity contribution in [3.63, 3.8) is 0 Å². The van der Waals surface area contributed by atoms with E-state index in [1.807, 2.05) is 18.2 Å². The van der Waals surface area contributed by atoms with Gasteiger partial charge in [0.15, 0.2) is 0 Å².